The van der Waals surface area contributed by atoms with E-state index in [1.54, 1.807) is 14.2 Å². The van der Waals surface area contributed by atoms with E-state index in [9.17, 15) is 4.79 Å². The third-order valence-corrected chi connectivity index (χ3v) is 5.37. The minimum atomic E-state index is -0.938. The first-order valence-electron chi connectivity index (χ1n) is 8.04. The number of amides is 1. The Morgan fingerprint density at radius 3 is 2.78 bits per heavy atom. The molecule has 1 aliphatic carbocycles. The van der Waals surface area contributed by atoms with Gasteiger partial charge in [-0.3, -0.25) is 0 Å². The molecule has 3 atom stereocenters. The SMILES string of the molecule is COc1ccc([C@@]23CCN[C@@H]2C[C@@H](NC(=O)O)CC3)cc1OC. The zero-order valence-electron chi connectivity index (χ0n) is 13.6. The van der Waals surface area contributed by atoms with E-state index < -0.39 is 6.09 Å². The summed E-state index contributed by atoms with van der Waals surface area (Å²) < 4.78 is 10.8. The van der Waals surface area contributed by atoms with Crippen LogP contribution >= 0.6 is 0 Å². The number of methoxy groups -OCH3 is 2. The van der Waals surface area contributed by atoms with Crippen LogP contribution in [0.5, 0.6) is 11.5 Å². The summed E-state index contributed by atoms with van der Waals surface area (Å²) in [6.45, 7) is 0.957. The molecule has 0 unspecified atom stereocenters. The number of rotatable bonds is 4. The van der Waals surface area contributed by atoms with Crippen LogP contribution in [0.25, 0.3) is 0 Å². The number of ether oxygens (including phenoxy) is 2. The molecule has 6 nitrogen and oxygen atoms in total. The van der Waals surface area contributed by atoms with Crippen LogP contribution in [0.2, 0.25) is 0 Å². The van der Waals surface area contributed by atoms with E-state index in [2.05, 4.69) is 22.8 Å². The van der Waals surface area contributed by atoms with Gasteiger partial charge in [-0.05, 0) is 49.9 Å². The summed E-state index contributed by atoms with van der Waals surface area (Å²) in [5.41, 5.74) is 1.30. The van der Waals surface area contributed by atoms with Gasteiger partial charge in [0.2, 0.25) is 0 Å². The second kappa shape index (κ2) is 6.28. The molecule has 0 bridgehead atoms. The lowest BCUT2D eigenvalue weighted by Crippen LogP contribution is -2.51. The highest BCUT2D eigenvalue weighted by molar-refractivity contribution is 5.64. The molecule has 0 aromatic heterocycles. The minimum Gasteiger partial charge on any atom is -0.493 e. The van der Waals surface area contributed by atoms with Gasteiger partial charge in [-0.15, -0.1) is 0 Å². The number of hydrogen-bond acceptors (Lipinski definition) is 4. The molecule has 1 aromatic rings. The number of benzene rings is 1. The molecule has 0 radical (unpaired) electrons. The van der Waals surface area contributed by atoms with E-state index in [1.807, 2.05) is 6.07 Å². The van der Waals surface area contributed by atoms with Crippen molar-refractivity contribution in [1.29, 1.82) is 0 Å². The second-order valence-electron chi connectivity index (χ2n) is 6.40. The van der Waals surface area contributed by atoms with Crippen LogP contribution < -0.4 is 20.1 Å². The second-order valence-corrected chi connectivity index (χ2v) is 6.40. The highest BCUT2D eigenvalue weighted by Crippen LogP contribution is 2.47. The van der Waals surface area contributed by atoms with Gasteiger partial charge in [0.25, 0.3) is 0 Å². The summed E-state index contributed by atoms with van der Waals surface area (Å²) in [5, 5.41) is 15.1. The Labute approximate surface area is 136 Å². The Morgan fingerprint density at radius 2 is 2.09 bits per heavy atom. The van der Waals surface area contributed by atoms with Crippen molar-refractivity contribution < 1.29 is 19.4 Å². The molecule has 1 saturated carbocycles. The van der Waals surface area contributed by atoms with E-state index in [0.29, 0.717) is 0 Å². The fourth-order valence-electron chi connectivity index (χ4n) is 4.22. The maximum Gasteiger partial charge on any atom is 0.404 e. The van der Waals surface area contributed by atoms with E-state index in [1.165, 1.54) is 5.56 Å². The third-order valence-electron chi connectivity index (χ3n) is 5.37. The average molecular weight is 320 g/mol. The monoisotopic (exact) mass is 320 g/mol. The van der Waals surface area contributed by atoms with Crippen LogP contribution in [0.3, 0.4) is 0 Å². The predicted molar refractivity (Wildman–Crippen MR) is 86.4 cm³/mol. The van der Waals surface area contributed by atoms with E-state index >= 15 is 0 Å². The molecule has 23 heavy (non-hydrogen) atoms. The summed E-state index contributed by atoms with van der Waals surface area (Å²) in [4.78, 5) is 10.9. The molecule has 126 valence electrons. The summed E-state index contributed by atoms with van der Waals surface area (Å²) in [5.74, 6) is 1.48. The minimum absolute atomic E-state index is 0.0244. The lowest BCUT2D eigenvalue weighted by Gasteiger charge is -2.42. The first kappa shape index (κ1) is 15.9. The normalized spacial score (nSPS) is 29.7. The van der Waals surface area contributed by atoms with Gasteiger partial charge in [-0.1, -0.05) is 6.07 Å². The molecule has 3 rings (SSSR count). The lowest BCUT2D eigenvalue weighted by atomic mass is 9.65. The molecule has 6 heteroatoms. The largest absolute Gasteiger partial charge is 0.493 e. The standard InChI is InChI=1S/C17H24N2O4/c1-22-13-4-3-11(9-14(13)23-2)17-6-5-12(19-16(20)21)10-15(17)18-8-7-17/h3-4,9,12,15,18-19H,5-8,10H2,1-2H3,(H,20,21)/t12-,15+,17+/m0/s1. The lowest BCUT2D eigenvalue weighted by molar-refractivity contribution is 0.173. The Balaban J connectivity index is 1.87. The Kier molecular flexibility index (Phi) is 4.35. The van der Waals surface area contributed by atoms with Crippen molar-refractivity contribution in [2.45, 2.75) is 43.2 Å². The molecule has 2 aliphatic rings. The van der Waals surface area contributed by atoms with Crippen molar-refractivity contribution in [3.8, 4) is 11.5 Å². The number of hydrogen-bond donors (Lipinski definition) is 3. The molecule has 1 aliphatic heterocycles. The first-order chi connectivity index (χ1) is 11.1. The number of carboxylic acid groups (broad SMARTS) is 1. The van der Waals surface area contributed by atoms with Gasteiger partial charge < -0.3 is 25.2 Å². The van der Waals surface area contributed by atoms with Crippen LogP contribution in [-0.2, 0) is 5.41 Å². The predicted octanol–water partition coefficient (Wildman–Crippen LogP) is 2.12. The van der Waals surface area contributed by atoms with Gasteiger partial charge in [-0.2, -0.15) is 0 Å². The zero-order valence-corrected chi connectivity index (χ0v) is 13.6. The highest BCUT2D eigenvalue weighted by Gasteiger charge is 2.48. The van der Waals surface area contributed by atoms with Crippen molar-refractivity contribution in [2.24, 2.45) is 0 Å². The molecule has 1 aromatic carbocycles. The molecule has 1 saturated heterocycles. The molecule has 0 spiro atoms. The summed E-state index contributed by atoms with van der Waals surface area (Å²) in [7, 11) is 3.29. The summed E-state index contributed by atoms with van der Waals surface area (Å²) >= 11 is 0. The van der Waals surface area contributed by atoms with Crippen LogP contribution in [0, 0.1) is 0 Å². The van der Waals surface area contributed by atoms with Crippen LogP contribution in [0.4, 0.5) is 4.79 Å². The smallest absolute Gasteiger partial charge is 0.404 e. The van der Waals surface area contributed by atoms with Crippen molar-refractivity contribution in [2.75, 3.05) is 20.8 Å². The molecule has 2 fully saturated rings. The molecular weight excluding hydrogens is 296 g/mol. The maximum absolute atomic E-state index is 10.9. The van der Waals surface area contributed by atoms with Crippen molar-refractivity contribution in [3.05, 3.63) is 23.8 Å². The zero-order chi connectivity index (χ0) is 16.4. The maximum atomic E-state index is 10.9. The van der Waals surface area contributed by atoms with Crippen molar-refractivity contribution in [1.82, 2.24) is 10.6 Å². The van der Waals surface area contributed by atoms with Gasteiger partial charge >= 0.3 is 6.09 Å². The van der Waals surface area contributed by atoms with Crippen molar-refractivity contribution in [3.63, 3.8) is 0 Å². The van der Waals surface area contributed by atoms with Crippen LogP contribution in [0.1, 0.15) is 31.2 Å². The molecular formula is C17H24N2O4. The number of nitrogens with one attached hydrogen (secondary N) is 2. The molecule has 1 heterocycles. The Hall–Kier alpha value is -1.95. The van der Waals surface area contributed by atoms with Crippen LogP contribution in [-0.4, -0.2) is 44.0 Å². The van der Waals surface area contributed by atoms with Gasteiger partial charge in [0.05, 0.1) is 14.2 Å². The fourth-order valence-corrected chi connectivity index (χ4v) is 4.22. The van der Waals surface area contributed by atoms with Crippen molar-refractivity contribution >= 4 is 6.09 Å². The highest BCUT2D eigenvalue weighted by atomic mass is 16.5. The topological polar surface area (TPSA) is 79.8 Å². The summed E-state index contributed by atoms with van der Waals surface area (Å²) in [6, 6.07) is 6.46. The summed E-state index contributed by atoms with van der Waals surface area (Å²) in [6.07, 6.45) is 2.77. The van der Waals surface area contributed by atoms with Gasteiger partial charge in [0, 0.05) is 17.5 Å². The number of fused-ring (bicyclic) bond motifs is 1. The quantitative estimate of drug-likeness (QED) is 0.792. The van der Waals surface area contributed by atoms with E-state index in [4.69, 9.17) is 14.6 Å². The van der Waals surface area contributed by atoms with Gasteiger partial charge in [0.15, 0.2) is 11.5 Å². The van der Waals surface area contributed by atoms with Gasteiger partial charge in [0.1, 0.15) is 0 Å². The van der Waals surface area contributed by atoms with Crippen LogP contribution in [0.15, 0.2) is 18.2 Å². The third kappa shape index (κ3) is 2.83. The average Bonchev–Trinajstić information content (AvgIpc) is 2.97. The van der Waals surface area contributed by atoms with E-state index in [-0.39, 0.29) is 17.5 Å². The van der Waals surface area contributed by atoms with E-state index in [0.717, 1.165) is 43.7 Å². The Morgan fingerprint density at radius 1 is 1.30 bits per heavy atom. The fraction of sp³-hybridized carbons (Fsp3) is 0.588. The number of carbonyl (C=O) groups is 1. The first-order valence-corrected chi connectivity index (χ1v) is 8.04. The van der Waals surface area contributed by atoms with Gasteiger partial charge in [-0.25, -0.2) is 4.79 Å². The molecule has 1 amide bonds. The molecule has 3 N–H and O–H groups in total. The Bertz CT molecular complexity index is 592.